The molecule has 4 heterocycles. The number of carbonyl (C=O) groups is 3. The van der Waals surface area contributed by atoms with Crippen molar-refractivity contribution in [1.29, 1.82) is 0 Å². The van der Waals surface area contributed by atoms with E-state index in [-0.39, 0.29) is 11.7 Å². The van der Waals surface area contributed by atoms with Crippen molar-refractivity contribution in [3.05, 3.63) is 91.4 Å². The fourth-order valence-electron chi connectivity index (χ4n) is 4.77. The van der Waals surface area contributed by atoms with Gasteiger partial charge < -0.3 is 14.6 Å². The topological polar surface area (TPSA) is 114 Å². The van der Waals surface area contributed by atoms with Gasteiger partial charge in [0.15, 0.2) is 11.7 Å². The van der Waals surface area contributed by atoms with E-state index in [1.165, 1.54) is 22.9 Å². The molecule has 216 valence electrons. The molecule has 5 aromatic rings. The van der Waals surface area contributed by atoms with Crippen molar-refractivity contribution < 1.29 is 28.1 Å². The van der Waals surface area contributed by atoms with Crippen LogP contribution in [-0.2, 0) is 16.6 Å². The SMILES string of the molecule is CC(C)[N+]1=CC(C(=O)Nc2ccc(Oc3cc(-c4cn(C)cn4)cn4nccc34)cc2)C(=O)N(c2ccc(F)cc2)C1=O. The minimum atomic E-state index is -1.29. The number of anilines is 2. The van der Waals surface area contributed by atoms with Crippen molar-refractivity contribution in [3.8, 4) is 22.8 Å². The van der Waals surface area contributed by atoms with Crippen molar-refractivity contribution >= 4 is 41.0 Å². The fourth-order valence-corrected chi connectivity index (χ4v) is 4.77. The van der Waals surface area contributed by atoms with Crippen molar-refractivity contribution in [2.45, 2.75) is 19.9 Å². The predicted molar refractivity (Wildman–Crippen MR) is 157 cm³/mol. The second-order valence-electron chi connectivity index (χ2n) is 10.4. The second-order valence-corrected chi connectivity index (χ2v) is 10.4. The Balaban J connectivity index is 1.22. The first-order chi connectivity index (χ1) is 20.7. The molecule has 4 amide bonds. The maximum atomic E-state index is 13.5. The van der Waals surface area contributed by atoms with E-state index in [1.54, 1.807) is 55.2 Å². The van der Waals surface area contributed by atoms with Gasteiger partial charge in [0.25, 0.3) is 0 Å². The maximum absolute atomic E-state index is 13.5. The molecule has 43 heavy (non-hydrogen) atoms. The van der Waals surface area contributed by atoms with Crippen LogP contribution in [0.25, 0.3) is 16.8 Å². The molecule has 0 fully saturated rings. The first kappa shape index (κ1) is 27.5. The highest BCUT2D eigenvalue weighted by atomic mass is 19.1. The standard InChI is InChI=1S/C31H26FN7O4/c1-19(2)37-16-25(30(41)39(31(37)42)23-8-4-21(32)5-9-23)29(40)35-22-6-10-24(11-7-22)43-28-14-20(26-17-36(3)18-33-26)15-38-27(28)12-13-34-38/h4-19,25H,1-3H3/p+1. The molecule has 11 nitrogen and oxygen atoms in total. The average Bonchev–Trinajstić information content (AvgIpc) is 3.64. The van der Waals surface area contributed by atoms with Gasteiger partial charge in [0, 0.05) is 30.7 Å². The lowest BCUT2D eigenvalue weighted by molar-refractivity contribution is -0.459. The summed E-state index contributed by atoms with van der Waals surface area (Å²) in [5.74, 6) is -2.06. The van der Waals surface area contributed by atoms with Crippen molar-refractivity contribution in [2.75, 3.05) is 10.2 Å². The molecule has 1 unspecified atom stereocenters. The number of pyridine rings is 1. The van der Waals surface area contributed by atoms with Crippen molar-refractivity contribution in [3.63, 3.8) is 0 Å². The molecule has 1 aliphatic rings. The molecule has 0 radical (unpaired) electrons. The van der Waals surface area contributed by atoms with Crippen LogP contribution in [-0.4, -0.2) is 53.8 Å². The molecule has 0 aliphatic carbocycles. The third-order valence-electron chi connectivity index (χ3n) is 6.95. The molecule has 6 rings (SSSR count). The minimum Gasteiger partial charge on any atom is -0.455 e. The van der Waals surface area contributed by atoms with Gasteiger partial charge in [0.2, 0.25) is 5.91 Å². The molecule has 0 saturated carbocycles. The summed E-state index contributed by atoms with van der Waals surface area (Å²) < 4.78 is 24.6. The fraction of sp³-hybridized carbons (Fsp3) is 0.161. The summed E-state index contributed by atoms with van der Waals surface area (Å²) >= 11 is 0. The Bertz CT molecular complexity index is 1890. The molecule has 0 bridgehead atoms. The van der Waals surface area contributed by atoms with E-state index in [0.29, 0.717) is 17.2 Å². The van der Waals surface area contributed by atoms with Gasteiger partial charge in [-0.3, -0.25) is 4.79 Å². The summed E-state index contributed by atoms with van der Waals surface area (Å²) in [5, 5.41) is 7.09. The van der Waals surface area contributed by atoms with Crippen molar-refractivity contribution in [2.24, 2.45) is 13.0 Å². The monoisotopic (exact) mass is 580 g/mol. The number of fused-ring (bicyclic) bond motifs is 1. The highest BCUT2D eigenvalue weighted by Crippen LogP contribution is 2.31. The molecule has 12 heteroatoms. The third-order valence-corrected chi connectivity index (χ3v) is 6.95. The summed E-state index contributed by atoms with van der Waals surface area (Å²) in [6, 6.07) is 14.4. The lowest BCUT2D eigenvalue weighted by atomic mass is 10.0. The maximum Gasteiger partial charge on any atom is 0.505 e. The second kappa shape index (κ2) is 11.0. The lowest BCUT2D eigenvalue weighted by Gasteiger charge is -2.24. The molecule has 0 spiro atoms. The normalized spacial score (nSPS) is 15.2. The van der Waals surface area contributed by atoms with E-state index in [0.717, 1.165) is 33.8 Å². The van der Waals surface area contributed by atoms with Crippen LogP contribution in [0.4, 0.5) is 20.6 Å². The van der Waals surface area contributed by atoms with Gasteiger partial charge in [-0.25, -0.2) is 18.7 Å². The van der Waals surface area contributed by atoms with Gasteiger partial charge in [-0.2, -0.15) is 14.5 Å². The Labute approximate surface area is 245 Å². The number of rotatable bonds is 7. The number of hydrogen-bond acceptors (Lipinski definition) is 6. The van der Waals surface area contributed by atoms with E-state index in [9.17, 15) is 18.8 Å². The number of amides is 4. The Morgan fingerprint density at radius 3 is 2.47 bits per heavy atom. The Morgan fingerprint density at radius 1 is 1.05 bits per heavy atom. The largest absolute Gasteiger partial charge is 0.505 e. The molecule has 3 aromatic heterocycles. The van der Waals surface area contributed by atoms with Gasteiger partial charge in [-0.15, -0.1) is 4.90 Å². The van der Waals surface area contributed by atoms with E-state index in [4.69, 9.17) is 4.74 Å². The van der Waals surface area contributed by atoms with E-state index in [1.807, 2.05) is 36.1 Å². The predicted octanol–water partition coefficient (Wildman–Crippen LogP) is 4.88. The molecule has 1 aliphatic heterocycles. The number of benzene rings is 2. The van der Waals surface area contributed by atoms with Crippen LogP contribution >= 0.6 is 0 Å². The number of halogens is 1. The number of carbonyl (C=O) groups excluding carboxylic acids is 3. The van der Waals surface area contributed by atoms with Gasteiger partial charge in [0.1, 0.15) is 22.8 Å². The van der Waals surface area contributed by atoms with Gasteiger partial charge in [0.05, 0.1) is 30.5 Å². The zero-order chi connectivity index (χ0) is 30.2. The lowest BCUT2D eigenvalue weighted by Crippen LogP contribution is -2.55. The van der Waals surface area contributed by atoms with Crippen LogP contribution in [0.5, 0.6) is 11.5 Å². The zero-order valence-electron chi connectivity index (χ0n) is 23.5. The Morgan fingerprint density at radius 2 is 1.79 bits per heavy atom. The van der Waals surface area contributed by atoms with Gasteiger partial charge >= 0.3 is 11.9 Å². The molecule has 1 N–H and O–H groups in total. The van der Waals surface area contributed by atoms with Crippen molar-refractivity contribution in [1.82, 2.24) is 19.2 Å². The Kier molecular flexibility index (Phi) is 7.02. The Hall–Kier alpha value is -5.65. The molecule has 2 aromatic carbocycles. The molecular formula is C31H27FN7O4+. The first-order valence-electron chi connectivity index (χ1n) is 13.5. The smallest absolute Gasteiger partial charge is 0.455 e. The summed E-state index contributed by atoms with van der Waals surface area (Å²) in [6.07, 6.45) is 8.49. The van der Waals surface area contributed by atoms with E-state index in [2.05, 4.69) is 15.4 Å². The van der Waals surface area contributed by atoms with E-state index < -0.39 is 29.6 Å². The summed E-state index contributed by atoms with van der Waals surface area (Å²) in [7, 11) is 1.89. The number of nitrogens with zero attached hydrogens (tertiary/aromatic N) is 6. The number of imidazole rings is 1. The summed E-state index contributed by atoms with van der Waals surface area (Å²) in [4.78, 5) is 45.1. The minimum absolute atomic E-state index is 0.175. The molecule has 1 atom stereocenters. The number of aryl methyl sites for hydroxylation is 1. The van der Waals surface area contributed by atoms with Crippen LogP contribution in [0.3, 0.4) is 0 Å². The quantitative estimate of drug-likeness (QED) is 0.217. The van der Waals surface area contributed by atoms with Crippen LogP contribution in [0.1, 0.15) is 13.8 Å². The van der Waals surface area contributed by atoms with Crippen LogP contribution < -0.4 is 15.0 Å². The van der Waals surface area contributed by atoms with Gasteiger partial charge in [-0.1, -0.05) is 0 Å². The number of ether oxygens (including phenoxy) is 1. The summed E-state index contributed by atoms with van der Waals surface area (Å²) in [6.45, 7) is 3.54. The number of imide groups is 1. The summed E-state index contributed by atoms with van der Waals surface area (Å²) in [5.41, 5.74) is 2.96. The van der Waals surface area contributed by atoms with Crippen LogP contribution in [0.15, 0.2) is 85.6 Å². The number of urea groups is 1. The average molecular weight is 581 g/mol. The van der Waals surface area contributed by atoms with Gasteiger partial charge in [-0.05, 0) is 74.5 Å². The van der Waals surface area contributed by atoms with Crippen LogP contribution in [0.2, 0.25) is 0 Å². The molecule has 0 saturated heterocycles. The van der Waals surface area contributed by atoms with Crippen LogP contribution in [0, 0.1) is 11.7 Å². The highest BCUT2D eigenvalue weighted by molar-refractivity contribution is 6.28. The zero-order valence-corrected chi connectivity index (χ0v) is 23.5. The third kappa shape index (κ3) is 5.37. The van der Waals surface area contributed by atoms with E-state index >= 15 is 0 Å². The first-order valence-corrected chi connectivity index (χ1v) is 13.5. The number of nitrogens with one attached hydrogen (secondary N) is 1. The highest BCUT2D eigenvalue weighted by Gasteiger charge is 2.48. The molecular weight excluding hydrogens is 553 g/mol. The number of aromatic nitrogens is 4. The number of hydrogen-bond donors (Lipinski definition) is 1.